The summed E-state index contributed by atoms with van der Waals surface area (Å²) >= 11 is 1.46. The quantitative estimate of drug-likeness (QED) is 0.840. The molecule has 2 aromatic heterocycles. The van der Waals surface area contributed by atoms with Gasteiger partial charge in [0.15, 0.2) is 10.7 Å². The van der Waals surface area contributed by atoms with Gasteiger partial charge in [-0.25, -0.2) is 13.2 Å². The van der Waals surface area contributed by atoms with Gasteiger partial charge in [-0.05, 0) is 25.3 Å². The van der Waals surface area contributed by atoms with Crippen molar-refractivity contribution in [3.8, 4) is 0 Å². The minimum atomic E-state index is -3.83. The number of rotatable bonds is 6. The number of carboxylic acid groups (broad SMARTS) is 1. The normalized spacial score (nSPS) is 12.2. The van der Waals surface area contributed by atoms with Crippen LogP contribution in [0.15, 0.2) is 28.6 Å². The molecule has 0 aliphatic rings. The molecular weight excluding hydrogens is 314 g/mol. The number of aromatic carboxylic acids is 1. The van der Waals surface area contributed by atoms with E-state index >= 15 is 0 Å². The molecule has 2 rings (SSSR count). The monoisotopic (exact) mass is 329 g/mol. The molecule has 0 fully saturated rings. The average molecular weight is 329 g/mol. The molecule has 0 aliphatic heterocycles. The van der Waals surface area contributed by atoms with Gasteiger partial charge >= 0.3 is 5.97 Å². The van der Waals surface area contributed by atoms with Crippen molar-refractivity contribution in [1.82, 2.24) is 14.5 Å². The maximum absolute atomic E-state index is 12.6. The summed E-state index contributed by atoms with van der Waals surface area (Å²) in [6, 6.07) is 4.46. The highest BCUT2D eigenvalue weighted by Gasteiger charge is 2.30. The lowest BCUT2D eigenvalue weighted by atomic mass is 10.4. The smallest absolute Gasteiger partial charge is 0.356 e. The summed E-state index contributed by atoms with van der Waals surface area (Å²) in [6.45, 7) is 3.76. The first-order valence-electron chi connectivity index (χ1n) is 6.15. The van der Waals surface area contributed by atoms with Crippen LogP contribution in [0.4, 0.5) is 0 Å². The molecule has 0 saturated carbocycles. The Morgan fingerprint density at radius 1 is 1.52 bits per heavy atom. The zero-order valence-electron chi connectivity index (χ0n) is 11.5. The molecule has 21 heavy (non-hydrogen) atoms. The van der Waals surface area contributed by atoms with Crippen molar-refractivity contribution in [3.63, 3.8) is 0 Å². The second-order valence-electron chi connectivity index (χ2n) is 4.65. The van der Waals surface area contributed by atoms with Gasteiger partial charge in [-0.2, -0.15) is 9.40 Å². The molecule has 0 radical (unpaired) electrons. The standard InChI is InChI=1S/C12H15N3O4S2/c1-8(2)15(7-9-4-3-5-20-9)21(18,19)11-6-10(12(16)17)13-14-11/h3-6,8H,7H2,1-2H3,(H,13,14)(H,16,17). The van der Waals surface area contributed by atoms with Crippen molar-refractivity contribution >= 4 is 27.3 Å². The van der Waals surface area contributed by atoms with Crippen molar-refractivity contribution in [3.05, 3.63) is 34.2 Å². The SMILES string of the molecule is CC(C)N(Cc1cccs1)S(=O)(=O)c1cc(C(=O)O)n[nH]1. The van der Waals surface area contributed by atoms with Crippen molar-refractivity contribution in [2.75, 3.05) is 0 Å². The molecule has 0 amide bonds. The Morgan fingerprint density at radius 3 is 2.71 bits per heavy atom. The third-order valence-electron chi connectivity index (χ3n) is 2.83. The summed E-state index contributed by atoms with van der Waals surface area (Å²) in [6.07, 6.45) is 0. The van der Waals surface area contributed by atoms with E-state index in [1.54, 1.807) is 13.8 Å². The molecule has 0 aliphatic carbocycles. The molecule has 0 unspecified atom stereocenters. The first-order valence-corrected chi connectivity index (χ1v) is 8.47. The Bertz CT molecular complexity index is 720. The fourth-order valence-corrected chi connectivity index (χ4v) is 4.10. The topological polar surface area (TPSA) is 103 Å². The maximum Gasteiger partial charge on any atom is 0.356 e. The Morgan fingerprint density at radius 2 is 2.24 bits per heavy atom. The summed E-state index contributed by atoms with van der Waals surface area (Å²) in [5, 5.41) is 16.3. The van der Waals surface area contributed by atoms with E-state index in [1.807, 2.05) is 17.5 Å². The lowest BCUT2D eigenvalue weighted by molar-refractivity contribution is 0.0690. The Hall–Kier alpha value is -1.71. The molecule has 9 heteroatoms. The van der Waals surface area contributed by atoms with E-state index < -0.39 is 16.0 Å². The second-order valence-corrected chi connectivity index (χ2v) is 7.54. The summed E-state index contributed by atoms with van der Waals surface area (Å²) in [5.41, 5.74) is -0.326. The van der Waals surface area contributed by atoms with Crippen LogP contribution in [-0.2, 0) is 16.6 Å². The van der Waals surface area contributed by atoms with Gasteiger partial charge in [0.05, 0.1) is 0 Å². The number of hydrogen-bond acceptors (Lipinski definition) is 5. The second kappa shape index (κ2) is 5.96. The average Bonchev–Trinajstić information content (AvgIpc) is 3.06. The molecule has 0 spiro atoms. The van der Waals surface area contributed by atoms with Gasteiger partial charge in [0.2, 0.25) is 0 Å². The number of nitrogens with zero attached hydrogens (tertiary/aromatic N) is 2. The minimum absolute atomic E-state index is 0.217. The zero-order chi connectivity index (χ0) is 15.6. The van der Waals surface area contributed by atoms with Gasteiger partial charge in [0.25, 0.3) is 10.0 Å². The number of H-pyrrole nitrogens is 1. The van der Waals surface area contributed by atoms with E-state index in [0.717, 1.165) is 10.9 Å². The summed E-state index contributed by atoms with van der Waals surface area (Å²) in [7, 11) is -3.83. The van der Waals surface area contributed by atoms with Crippen LogP contribution in [0.5, 0.6) is 0 Å². The van der Waals surface area contributed by atoms with Crippen LogP contribution in [-0.4, -0.2) is 40.0 Å². The number of carboxylic acids is 1. The van der Waals surface area contributed by atoms with Crippen molar-refractivity contribution < 1.29 is 18.3 Å². The zero-order valence-corrected chi connectivity index (χ0v) is 13.1. The van der Waals surface area contributed by atoms with Crippen LogP contribution in [0.3, 0.4) is 0 Å². The van der Waals surface area contributed by atoms with E-state index in [9.17, 15) is 13.2 Å². The number of nitrogens with one attached hydrogen (secondary N) is 1. The maximum atomic E-state index is 12.6. The summed E-state index contributed by atoms with van der Waals surface area (Å²) < 4.78 is 26.5. The fourth-order valence-electron chi connectivity index (χ4n) is 1.77. The number of carbonyl (C=O) groups is 1. The van der Waals surface area contributed by atoms with Crippen LogP contribution in [0.25, 0.3) is 0 Å². The number of sulfonamides is 1. The van der Waals surface area contributed by atoms with E-state index in [0.29, 0.717) is 0 Å². The number of thiophene rings is 1. The number of aromatic amines is 1. The third-order valence-corrected chi connectivity index (χ3v) is 5.62. The Balaban J connectivity index is 2.35. The summed E-state index contributed by atoms with van der Waals surface area (Å²) in [5.74, 6) is -1.28. The third kappa shape index (κ3) is 3.31. The van der Waals surface area contributed by atoms with Gasteiger partial charge in [0.1, 0.15) is 0 Å². The predicted octanol–water partition coefficient (Wildman–Crippen LogP) is 1.77. The van der Waals surface area contributed by atoms with Gasteiger partial charge in [0, 0.05) is 23.5 Å². The van der Waals surface area contributed by atoms with Gasteiger partial charge in [-0.3, -0.25) is 5.10 Å². The van der Waals surface area contributed by atoms with Crippen LogP contribution >= 0.6 is 11.3 Å². The van der Waals surface area contributed by atoms with Gasteiger partial charge < -0.3 is 5.11 Å². The highest BCUT2D eigenvalue weighted by molar-refractivity contribution is 7.89. The lowest BCUT2D eigenvalue weighted by Crippen LogP contribution is -2.36. The Labute approximate surface area is 126 Å². The van der Waals surface area contributed by atoms with Crippen LogP contribution in [0.2, 0.25) is 0 Å². The van der Waals surface area contributed by atoms with Gasteiger partial charge in [-0.15, -0.1) is 11.3 Å². The molecule has 0 atom stereocenters. The van der Waals surface area contributed by atoms with Crippen molar-refractivity contribution in [1.29, 1.82) is 0 Å². The van der Waals surface area contributed by atoms with Crippen LogP contribution in [0.1, 0.15) is 29.2 Å². The van der Waals surface area contributed by atoms with E-state index in [4.69, 9.17) is 5.11 Å². The summed E-state index contributed by atoms with van der Waals surface area (Å²) in [4.78, 5) is 11.7. The predicted molar refractivity (Wildman–Crippen MR) is 77.7 cm³/mol. The van der Waals surface area contributed by atoms with Crippen molar-refractivity contribution in [2.45, 2.75) is 31.5 Å². The fraction of sp³-hybridized carbons (Fsp3) is 0.333. The first-order chi connectivity index (χ1) is 9.82. The molecule has 2 N–H and O–H groups in total. The molecule has 0 aromatic carbocycles. The highest BCUT2D eigenvalue weighted by Crippen LogP contribution is 2.22. The Kier molecular flexibility index (Phi) is 4.45. The molecule has 7 nitrogen and oxygen atoms in total. The molecule has 2 aromatic rings. The first kappa shape index (κ1) is 15.7. The molecule has 114 valence electrons. The molecule has 0 bridgehead atoms. The lowest BCUT2D eigenvalue weighted by Gasteiger charge is -2.24. The largest absolute Gasteiger partial charge is 0.476 e. The van der Waals surface area contributed by atoms with Gasteiger partial charge in [-0.1, -0.05) is 6.07 Å². The number of hydrogen-bond donors (Lipinski definition) is 2. The van der Waals surface area contributed by atoms with Crippen LogP contribution in [0, 0.1) is 0 Å². The van der Waals surface area contributed by atoms with E-state index in [2.05, 4.69) is 10.2 Å². The minimum Gasteiger partial charge on any atom is -0.476 e. The van der Waals surface area contributed by atoms with E-state index in [1.165, 1.54) is 15.6 Å². The highest BCUT2D eigenvalue weighted by atomic mass is 32.2. The number of aromatic nitrogens is 2. The van der Waals surface area contributed by atoms with Crippen LogP contribution < -0.4 is 0 Å². The molecule has 0 saturated heterocycles. The molecule has 2 heterocycles. The van der Waals surface area contributed by atoms with Crippen molar-refractivity contribution in [2.24, 2.45) is 0 Å². The van der Waals surface area contributed by atoms with E-state index in [-0.39, 0.29) is 23.3 Å². The molecular formula is C12H15N3O4S2.